The Kier molecular flexibility index (Phi) is 4.99. The van der Waals surface area contributed by atoms with Gasteiger partial charge in [-0.05, 0) is 32.8 Å². The monoisotopic (exact) mass is 288 g/mol. The Labute approximate surface area is 126 Å². The van der Waals surface area contributed by atoms with Gasteiger partial charge in [-0.15, -0.1) is 0 Å². The van der Waals surface area contributed by atoms with E-state index < -0.39 is 0 Å². The van der Waals surface area contributed by atoms with Gasteiger partial charge in [0.25, 0.3) is 0 Å². The maximum absolute atomic E-state index is 12.0. The zero-order chi connectivity index (χ0) is 15.4. The van der Waals surface area contributed by atoms with Crippen LogP contribution >= 0.6 is 0 Å². The number of rotatable bonds is 5. The molecule has 2 rings (SSSR count). The normalized spacial score (nSPS) is 18.4. The van der Waals surface area contributed by atoms with E-state index in [0.29, 0.717) is 19.4 Å². The molecule has 4 heteroatoms. The van der Waals surface area contributed by atoms with Crippen molar-refractivity contribution >= 4 is 11.8 Å². The quantitative estimate of drug-likeness (QED) is 0.901. The molecule has 1 aromatic carbocycles. The molecular weight excluding hydrogens is 264 g/mol. The molecule has 4 nitrogen and oxygen atoms in total. The van der Waals surface area contributed by atoms with Crippen molar-refractivity contribution in [2.75, 3.05) is 6.54 Å². The summed E-state index contributed by atoms with van der Waals surface area (Å²) >= 11 is 0. The van der Waals surface area contributed by atoms with Crippen molar-refractivity contribution in [3.8, 4) is 0 Å². The van der Waals surface area contributed by atoms with Crippen LogP contribution in [0.25, 0.3) is 0 Å². The second-order valence-corrected chi connectivity index (χ2v) is 6.09. The van der Waals surface area contributed by atoms with Gasteiger partial charge in [-0.25, -0.2) is 0 Å². The maximum Gasteiger partial charge on any atom is 0.225 e. The number of nitrogens with zero attached hydrogens (tertiary/aromatic N) is 1. The van der Waals surface area contributed by atoms with Crippen LogP contribution in [0.2, 0.25) is 0 Å². The first-order chi connectivity index (χ1) is 9.95. The van der Waals surface area contributed by atoms with Gasteiger partial charge in [0.1, 0.15) is 0 Å². The van der Waals surface area contributed by atoms with Crippen molar-refractivity contribution in [1.82, 2.24) is 10.2 Å². The zero-order valence-corrected chi connectivity index (χ0v) is 13.1. The van der Waals surface area contributed by atoms with E-state index in [2.05, 4.69) is 29.6 Å². The van der Waals surface area contributed by atoms with E-state index in [4.69, 9.17) is 0 Å². The molecule has 21 heavy (non-hydrogen) atoms. The summed E-state index contributed by atoms with van der Waals surface area (Å²) in [6, 6.07) is 8.40. The minimum Gasteiger partial charge on any atom is -0.351 e. The smallest absolute Gasteiger partial charge is 0.225 e. The predicted molar refractivity (Wildman–Crippen MR) is 82.9 cm³/mol. The Morgan fingerprint density at radius 1 is 1.33 bits per heavy atom. The van der Waals surface area contributed by atoms with Gasteiger partial charge in [-0.1, -0.05) is 29.8 Å². The van der Waals surface area contributed by atoms with Crippen LogP contribution in [-0.2, 0) is 16.0 Å². The molecule has 0 radical (unpaired) electrons. The van der Waals surface area contributed by atoms with Crippen molar-refractivity contribution in [1.29, 1.82) is 0 Å². The number of hydrogen-bond acceptors (Lipinski definition) is 2. The van der Waals surface area contributed by atoms with Crippen molar-refractivity contribution in [2.45, 2.75) is 52.1 Å². The van der Waals surface area contributed by atoms with Crippen molar-refractivity contribution in [3.63, 3.8) is 0 Å². The van der Waals surface area contributed by atoms with E-state index in [-0.39, 0.29) is 23.9 Å². The zero-order valence-electron chi connectivity index (χ0n) is 13.1. The fraction of sp³-hybridized carbons (Fsp3) is 0.529. The lowest BCUT2D eigenvalue weighted by atomic mass is 10.1. The van der Waals surface area contributed by atoms with Crippen LogP contribution in [0.1, 0.15) is 37.8 Å². The summed E-state index contributed by atoms with van der Waals surface area (Å²) in [4.78, 5) is 25.6. The number of benzene rings is 1. The van der Waals surface area contributed by atoms with Crippen LogP contribution in [0, 0.1) is 6.92 Å². The van der Waals surface area contributed by atoms with Crippen LogP contribution in [0.5, 0.6) is 0 Å². The molecular formula is C17H24N2O2. The molecule has 1 aromatic rings. The van der Waals surface area contributed by atoms with E-state index in [1.54, 1.807) is 0 Å². The molecule has 1 N–H and O–H groups in total. The van der Waals surface area contributed by atoms with Crippen LogP contribution in [0.15, 0.2) is 24.3 Å². The molecule has 1 aliphatic rings. The van der Waals surface area contributed by atoms with Crippen LogP contribution in [0.4, 0.5) is 0 Å². The van der Waals surface area contributed by atoms with Crippen molar-refractivity contribution < 1.29 is 9.59 Å². The van der Waals surface area contributed by atoms with E-state index in [1.807, 2.05) is 25.7 Å². The van der Waals surface area contributed by atoms with Crippen molar-refractivity contribution in [3.05, 3.63) is 35.4 Å². The molecule has 1 aliphatic heterocycles. The average Bonchev–Trinajstić information content (AvgIpc) is 2.79. The molecule has 1 unspecified atom stereocenters. The Morgan fingerprint density at radius 2 is 2.00 bits per heavy atom. The standard InChI is InChI=1S/C17H24N2O2/c1-12(2)19-11-15(10-17(19)21)18-16(20)9-8-14-6-4-13(3)5-7-14/h4-7,12,15H,8-11H2,1-3H3,(H,18,20). The lowest BCUT2D eigenvalue weighted by Gasteiger charge is -2.21. The van der Waals surface area contributed by atoms with Gasteiger partial charge < -0.3 is 10.2 Å². The second kappa shape index (κ2) is 6.74. The van der Waals surface area contributed by atoms with E-state index in [1.165, 1.54) is 11.1 Å². The highest BCUT2D eigenvalue weighted by molar-refractivity contribution is 5.82. The molecule has 0 aromatic heterocycles. The Bertz CT molecular complexity index is 508. The van der Waals surface area contributed by atoms with Crippen LogP contribution in [0.3, 0.4) is 0 Å². The Hall–Kier alpha value is -1.84. The summed E-state index contributed by atoms with van der Waals surface area (Å²) in [6.07, 6.45) is 1.63. The number of carbonyl (C=O) groups excluding carboxylic acids is 2. The van der Waals surface area contributed by atoms with Crippen molar-refractivity contribution in [2.24, 2.45) is 0 Å². The van der Waals surface area contributed by atoms with E-state index >= 15 is 0 Å². The third-order valence-electron chi connectivity index (χ3n) is 3.91. The predicted octanol–water partition coefficient (Wildman–Crippen LogP) is 2.05. The number of likely N-dealkylation sites (tertiary alicyclic amines) is 1. The topological polar surface area (TPSA) is 49.4 Å². The van der Waals surface area contributed by atoms with Gasteiger partial charge in [0.2, 0.25) is 11.8 Å². The highest BCUT2D eigenvalue weighted by Gasteiger charge is 2.31. The molecule has 1 heterocycles. The first-order valence-electron chi connectivity index (χ1n) is 7.60. The molecule has 0 saturated carbocycles. The molecule has 2 amide bonds. The van der Waals surface area contributed by atoms with Gasteiger partial charge in [0.15, 0.2) is 0 Å². The third kappa shape index (κ3) is 4.31. The fourth-order valence-electron chi connectivity index (χ4n) is 2.64. The van der Waals surface area contributed by atoms with E-state index in [9.17, 15) is 9.59 Å². The Morgan fingerprint density at radius 3 is 2.57 bits per heavy atom. The number of aryl methyl sites for hydroxylation is 2. The summed E-state index contributed by atoms with van der Waals surface area (Å²) < 4.78 is 0. The fourth-order valence-corrected chi connectivity index (χ4v) is 2.64. The van der Waals surface area contributed by atoms with Gasteiger partial charge in [0.05, 0.1) is 6.04 Å². The number of hydrogen-bond donors (Lipinski definition) is 1. The summed E-state index contributed by atoms with van der Waals surface area (Å²) in [7, 11) is 0. The Balaban J connectivity index is 1.77. The van der Waals surface area contributed by atoms with Gasteiger partial charge in [-0.2, -0.15) is 0 Å². The first-order valence-corrected chi connectivity index (χ1v) is 7.60. The van der Waals surface area contributed by atoms with Crippen LogP contribution in [-0.4, -0.2) is 35.3 Å². The first kappa shape index (κ1) is 15.5. The lowest BCUT2D eigenvalue weighted by Crippen LogP contribution is -2.38. The highest BCUT2D eigenvalue weighted by Crippen LogP contribution is 2.14. The summed E-state index contributed by atoms with van der Waals surface area (Å²) in [5.41, 5.74) is 2.39. The number of nitrogens with one attached hydrogen (secondary N) is 1. The van der Waals surface area contributed by atoms with Crippen LogP contribution < -0.4 is 5.32 Å². The summed E-state index contributed by atoms with van der Waals surface area (Å²) in [5, 5.41) is 2.97. The summed E-state index contributed by atoms with van der Waals surface area (Å²) in [5.74, 6) is 0.160. The highest BCUT2D eigenvalue weighted by atomic mass is 16.2. The minimum atomic E-state index is -0.0367. The maximum atomic E-state index is 12.0. The third-order valence-corrected chi connectivity index (χ3v) is 3.91. The molecule has 0 bridgehead atoms. The van der Waals surface area contributed by atoms with Gasteiger partial charge >= 0.3 is 0 Å². The molecule has 1 fully saturated rings. The van der Waals surface area contributed by atoms with Gasteiger partial charge in [0, 0.05) is 25.4 Å². The lowest BCUT2D eigenvalue weighted by molar-refractivity contribution is -0.129. The number of amides is 2. The largest absolute Gasteiger partial charge is 0.351 e. The van der Waals surface area contributed by atoms with E-state index in [0.717, 1.165) is 6.42 Å². The van der Waals surface area contributed by atoms with Gasteiger partial charge in [-0.3, -0.25) is 9.59 Å². The number of carbonyl (C=O) groups is 2. The summed E-state index contributed by atoms with van der Waals surface area (Å²) in [6.45, 7) is 6.68. The molecule has 1 saturated heterocycles. The second-order valence-electron chi connectivity index (χ2n) is 6.09. The minimum absolute atomic E-state index is 0.0268. The molecule has 114 valence electrons. The average molecular weight is 288 g/mol. The molecule has 0 aliphatic carbocycles. The SMILES string of the molecule is Cc1ccc(CCC(=O)NC2CC(=O)N(C(C)C)C2)cc1. The molecule has 1 atom stereocenters. The molecule has 0 spiro atoms.